The summed E-state index contributed by atoms with van der Waals surface area (Å²) in [5, 5.41) is 16.2. The van der Waals surface area contributed by atoms with E-state index in [0.717, 1.165) is 16.8 Å². The van der Waals surface area contributed by atoms with Crippen molar-refractivity contribution in [2.45, 2.75) is 96.9 Å². The van der Waals surface area contributed by atoms with E-state index in [2.05, 4.69) is 5.10 Å². The number of carbonyl (C=O) groups excluding carboxylic acids is 3. The number of fused-ring (bicyclic) bond motifs is 6. The number of allylic oxidation sites excluding steroid dienone is 1. The Morgan fingerprint density at radius 2 is 1.87 bits per heavy atom. The molecule has 0 amide bonds. The standard InChI is InChI=1S/C30H41FN2O6/c1-7-25(36)38-16-24(35)30(39-26(37)8-2)17(3)11-21-20-10-9-19-12-22-18(15-32-33(22)6)13-27(19,4)29(20,31)23(34)14-28(21,30)5/h12,15,17,20-21,23,34H,7-11,13-14,16H2,1-6H3/t17-,20-,21-,23-,27-,28-,29-,30+/m0/s1. The molecule has 0 radical (unpaired) electrons. The molecule has 0 aliphatic heterocycles. The summed E-state index contributed by atoms with van der Waals surface area (Å²) in [6, 6.07) is 0. The van der Waals surface area contributed by atoms with Gasteiger partial charge < -0.3 is 14.6 Å². The van der Waals surface area contributed by atoms with Crippen molar-refractivity contribution in [1.29, 1.82) is 0 Å². The van der Waals surface area contributed by atoms with E-state index < -0.39 is 64.4 Å². The topological polar surface area (TPSA) is 108 Å². The Kier molecular flexibility index (Phi) is 6.64. The third-order valence-corrected chi connectivity index (χ3v) is 10.9. The maximum atomic E-state index is 17.9. The van der Waals surface area contributed by atoms with Crippen LogP contribution in [-0.4, -0.2) is 56.6 Å². The Morgan fingerprint density at radius 1 is 1.18 bits per heavy atom. The minimum atomic E-state index is -1.93. The largest absolute Gasteiger partial charge is 0.457 e. The van der Waals surface area contributed by atoms with Crippen molar-refractivity contribution in [3.8, 4) is 0 Å². The average Bonchev–Trinajstić information content (AvgIpc) is 3.35. The molecular formula is C30H41FN2O6. The van der Waals surface area contributed by atoms with Crippen LogP contribution in [0.4, 0.5) is 4.39 Å². The van der Waals surface area contributed by atoms with Crippen LogP contribution < -0.4 is 0 Å². The summed E-state index contributed by atoms with van der Waals surface area (Å²) in [5.74, 6) is -2.85. The lowest BCUT2D eigenvalue weighted by Crippen LogP contribution is -2.70. The smallest absolute Gasteiger partial charge is 0.306 e. The first-order valence-electron chi connectivity index (χ1n) is 14.3. The lowest BCUT2D eigenvalue weighted by molar-refractivity contribution is -0.234. The lowest BCUT2D eigenvalue weighted by atomic mass is 9.43. The number of aliphatic hydroxyl groups is 1. The zero-order chi connectivity index (χ0) is 28.5. The van der Waals surface area contributed by atoms with Crippen molar-refractivity contribution < 1.29 is 33.4 Å². The molecule has 1 aromatic rings. The highest BCUT2D eigenvalue weighted by atomic mass is 19.1. The number of rotatable bonds is 6. The van der Waals surface area contributed by atoms with Gasteiger partial charge in [0.15, 0.2) is 12.2 Å². The number of alkyl halides is 1. The molecule has 214 valence electrons. The summed E-state index contributed by atoms with van der Waals surface area (Å²) in [6.45, 7) is 8.42. The van der Waals surface area contributed by atoms with Gasteiger partial charge in [-0.3, -0.25) is 19.1 Å². The first kappa shape index (κ1) is 28.0. The Bertz CT molecular complexity index is 1240. The van der Waals surface area contributed by atoms with E-state index in [-0.39, 0.29) is 25.2 Å². The van der Waals surface area contributed by atoms with Gasteiger partial charge in [0.2, 0.25) is 5.78 Å². The number of hydrogen-bond donors (Lipinski definition) is 1. The van der Waals surface area contributed by atoms with E-state index in [4.69, 9.17) is 9.47 Å². The van der Waals surface area contributed by atoms with E-state index in [1.165, 1.54) is 0 Å². The number of esters is 2. The Hall–Kier alpha value is -2.55. The molecule has 8 nitrogen and oxygen atoms in total. The SMILES string of the molecule is CCC(=O)OCC(=O)[C@]1(OC(=O)CC)[C@@H](C)C[C@H]2[C@@H]3CCC4=Cc5c(cnn5C)C[C@]4(C)[C@@]3(F)[C@@H](O)C[C@@]21C. The van der Waals surface area contributed by atoms with Gasteiger partial charge in [0.05, 0.1) is 18.0 Å². The Labute approximate surface area is 229 Å². The van der Waals surface area contributed by atoms with Gasteiger partial charge in [-0.25, -0.2) is 4.39 Å². The highest BCUT2D eigenvalue weighted by Crippen LogP contribution is 2.72. The number of halogens is 1. The van der Waals surface area contributed by atoms with Gasteiger partial charge >= 0.3 is 11.9 Å². The predicted octanol–water partition coefficient (Wildman–Crippen LogP) is 4.13. The van der Waals surface area contributed by atoms with Gasteiger partial charge in [-0.1, -0.05) is 40.2 Å². The fourth-order valence-corrected chi connectivity index (χ4v) is 8.98. The summed E-state index contributed by atoms with van der Waals surface area (Å²) >= 11 is 0. The first-order valence-corrected chi connectivity index (χ1v) is 14.3. The van der Waals surface area contributed by atoms with E-state index >= 15 is 4.39 Å². The fourth-order valence-electron chi connectivity index (χ4n) is 8.98. The van der Waals surface area contributed by atoms with Crippen LogP contribution in [0.2, 0.25) is 0 Å². The number of nitrogens with zero attached hydrogens (tertiary/aromatic N) is 2. The monoisotopic (exact) mass is 544 g/mol. The number of carbonyl (C=O) groups is 3. The van der Waals surface area contributed by atoms with E-state index in [1.807, 2.05) is 33.9 Å². The summed E-state index contributed by atoms with van der Waals surface area (Å²) in [6.07, 6.45) is 4.68. The summed E-state index contributed by atoms with van der Waals surface area (Å²) in [7, 11) is 1.88. The van der Waals surface area contributed by atoms with Crippen LogP contribution in [0.15, 0.2) is 11.8 Å². The van der Waals surface area contributed by atoms with Crippen molar-refractivity contribution in [3.05, 3.63) is 23.0 Å². The zero-order valence-electron chi connectivity index (χ0n) is 23.9. The number of ketones is 1. The Balaban J connectivity index is 1.58. The molecule has 1 N–H and O–H groups in total. The number of Topliss-reactive ketones (excluding diaryl/α,β-unsaturated/α-hetero) is 1. The van der Waals surface area contributed by atoms with E-state index in [9.17, 15) is 19.5 Å². The molecule has 0 spiro atoms. The van der Waals surface area contributed by atoms with Gasteiger partial charge in [0.25, 0.3) is 0 Å². The van der Waals surface area contributed by atoms with Crippen molar-refractivity contribution in [2.24, 2.45) is 35.6 Å². The normalized spacial score (nSPS) is 40.5. The molecule has 0 unspecified atom stereocenters. The van der Waals surface area contributed by atoms with Crippen LogP contribution in [0.3, 0.4) is 0 Å². The van der Waals surface area contributed by atoms with Gasteiger partial charge in [0.1, 0.15) is 5.67 Å². The molecule has 8 atom stereocenters. The van der Waals surface area contributed by atoms with Gasteiger partial charge in [-0.15, -0.1) is 0 Å². The van der Waals surface area contributed by atoms with Crippen molar-refractivity contribution in [3.63, 3.8) is 0 Å². The van der Waals surface area contributed by atoms with Crippen LogP contribution >= 0.6 is 0 Å². The van der Waals surface area contributed by atoms with Gasteiger partial charge in [0, 0.05) is 42.6 Å². The third-order valence-electron chi connectivity index (χ3n) is 10.9. The molecular weight excluding hydrogens is 503 g/mol. The molecule has 1 heterocycles. The quantitative estimate of drug-likeness (QED) is 0.537. The van der Waals surface area contributed by atoms with Crippen molar-refractivity contribution >= 4 is 23.8 Å². The predicted molar refractivity (Wildman–Crippen MR) is 141 cm³/mol. The average molecular weight is 545 g/mol. The number of aryl methyl sites for hydroxylation is 1. The zero-order valence-corrected chi connectivity index (χ0v) is 23.9. The number of aliphatic hydroxyl groups excluding tert-OH is 1. The first-order chi connectivity index (χ1) is 18.3. The Morgan fingerprint density at radius 3 is 2.54 bits per heavy atom. The maximum absolute atomic E-state index is 17.9. The number of ether oxygens (including phenoxy) is 2. The molecule has 1 aromatic heterocycles. The maximum Gasteiger partial charge on any atom is 0.306 e. The molecule has 5 rings (SSSR count). The second kappa shape index (κ2) is 9.25. The molecule has 9 heteroatoms. The molecule has 4 aliphatic rings. The van der Waals surface area contributed by atoms with Crippen LogP contribution in [-0.2, 0) is 37.3 Å². The van der Waals surface area contributed by atoms with Crippen molar-refractivity contribution in [1.82, 2.24) is 9.78 Å². The molecule has 39 heavy (non-hydrogen) atoms. The van der Waals surface area contributed by atoms with Crippen LogP contribution in [0, 0.1) is 28.6 Å². The fraction of sp³-hybridized carbons (Fsp3) is 0.733. The highest BCUT2D eigenvalue weighted by molar-refractivity contribution is 5.93. The van der Waals surface area contributed by atoms with Crippen LogP contribution in [0.5, 0.6) is 0 Å². The van der Waals surface area contributed by atoms with E-state index in [0.29, 0.717) is 25.7 Å². The molecule has 3 fully saturated rings. The summed E-state index contributed by atoms with van der Waals surface area (Å²) in [4.78, 5) is 38.6. The second-order valence-electron chi connectivity index (χ2n) is 12.7. The number of hydrogen-bond acceptors (Lipinski definition) is 7. The minimum Gasteiger partial charge on any atom is -0.457 e. The molecule has 0 bridgehead atoms. The van der Waals surface area contributed by atoms with Crippen LogP contribution in [0.25, 0.3) is 6.08 Å². The van der Waals surface area contributed by atoms with Crippen molar-refractivity contribution in [2.75, 3.05) is 6.61 Å². The molecule has 0 aromatic carbocycles. The molecule has 4 aliphatic carbocycles. The summed E-state index contributed by atoms with van der Waals surface area (Å²) < 4.78 is 31.0. The third kappa shape index (κ3) is 3.57. The number of aromatic nitrogens is 2. The molecule has 3 saturated carbocycles. The minimum absolute atomic E-state index is 0.0395. The van der Waals surface area contributed by atoms with Gasteiger partial charge in [-0.2, -0.15) is 5.10 Å². The lowest BCUT2D eigenvalue weighted by Gasteiger charge is -2.63. The van der Waals surface area contributed by atoms with Crippen LogP contribution in [0.1, 0.15) is 84.4 Å². The molecule has 0 saturated heterocycles. The second-order valence-corrected chi connectivity index (χ2v) is 12.7. The van der Waals surface area contributed by atoms with E-state index in [1.54, 1.807) is 24.7 Å². The highest BCUT2D eigenvalue weighted by Gasteiger charge is 2.77. The van der Waals surface area contributed by atoms with Gasteiger partial charge in [-0.05, 0) is 49.7 Å². The summed E-state index contributed by atoms with van der Waals surface area (Å²) in [5.41, 5.74) is -2.59.